The van der Waals surface area contributed by atoms with Gasteiger partial charge < -0.3 is 15.4 Å². The molecule has 4 heteroatoms. The fourth-order valence-corrected chi connectivity index (χ4v) is 3.18. The lowest BCUT2D eigenvalue weighted by Gasteiger charge is -2.43. The molecule has 1 saturated carbocycles. The number of carbonyl (C=O) groups is 1. The molecule has 0 aromatic rings. The second-order valence-electron chi connectivity index (χ2n) is 5.44. The standard InChI is InChI=1S/C13H24N2O2/c1-3-11(12(16)17-2)15-8-10-7-14-9-13(10)5-4-6-13/h10-11,14-15H,3-9H2,1-2H3. The van der Waals surface area contributed by atoms with Gasteiger partial charge in [-0.25, -0.2) is 0 Å². The third-order valence-corrected chi connectivity index (χ3v) is 4.59. The molecule has 98 valence electrons. The first kappa shape index (κ1) is 12.8. The topological polar surface area (TPSA) is 50.4 Å². The fourth-order valence-electron chi connectivity index (χ4n) is 3.18. The average Bonchev–Trinajstić information content (AvgIpc) is 2.73. The van der Waals surface area contributed by atoms with Crippen LogP contribution in [0.15, 0.2) is 0 Å². The van der Waals surface area contributed by atoms with Crippen molar-refractivity contribution in [1.29, 1.82) is 0 Å². The first-order valence-corrected chi connectivity index (χ1v) is 6.74. The number of nitrogens with one attached hydrogen (secondary N) is 2. The van der Waals surface area contributed by atoms with Crippen molar-refractivity contribution in [3.05, 3.63) is 0 Å². The Bertz CT molecular complexity index is 277. The van der Waals surface area contributed by atoms with Crippen LogP contribution in [0.2, 0.25) is 0 Å². The van der Waals surface area contributed by atoms with E-state index in [-0.39, 0.29) is 12.0 Å². The van der Waals surface area contributed by atoms with Crippen molar-refractivity contribution in [2.24, 2.45) is 11.3 Å². The van der Waals surface area contributed by atoms with Crippen LogP contribution in [0.25, 0.3) is 0 Å². The van der Waals surface area contributed by atoms with Gasteiger partial charge >= 0.3 is 5.97 Å². The summed E-state index contributed by atoms with van der Waals surface area (Å²) in [6, 6.07) is -0.141. The Balaban J connectivity index is 1.82. The van der Waals surface area contributed by atoms with Gasteiger partial charge in [-0.2, -0.15) is 0 Å². The zero-order chi connectivity index (χ0) is 12.3. The van der Waals surface area contributed by atoms with Crippen LogP contribution in [-0.2, 0) is 9.53 Å². The minimum absolute atomic E-state index is 0.138. The lowest BCUT2D eigenvalue weighted by atomic mass is 9.63. The van der Waals surface area contributed by atoms with Gasteiger partial charge in [0, 0.05) is 13.1 Å². The lowest BCUT2D eigenvalue weighted by Crippen LogP contribution is -2.46. The molecule has 0 aromatic heterocycles. The van der Waals surface area contributed by atoms with E-state index >= 15 is 0 Å². The maximum absolute atomic E-state index is 11.5. The molecular formula is C13H24N2O2. The second-order valence-corrected chi connectivity index (χ2v) is 5.44. The largest absolute Gasteiger partial charge is 0.468 e. The zero-order valence-electron chi connectivity index (χ0n) is 10.9. The number of ether oxygens (including phenoxy) is 1. The van der Waals surface area contributed by atoms with Gasteiger partial charge in [-0.3, -0.25) is 4.79 Å². The predicted octanol–water partition coefficient (Wildman–Crippen LogP) is 0.917. The summed E-state index contributed by atoms with van der Waals surface area (Å²) in [6.07, 6.45) is 4.86. The monoisotopic (exact) mass is 240 g/mol. The lowest BCUT2D eigenvalue weighted by molar-refractivity contribution is -0.143. The van der Waals surface area contributed by atoms with E-state index in [1.54, 1.807) is 0 Å². The van der Waals surface area contributed by atoms with Gasteiger partial charge in [0.1, 0.15) is 6.04 Å². The molecule has 0 radical (unpaired) electrons. The average molecular weight is 240 g/mol. The molecule has 2 fully saturated rings. The van der Waals surface area contributed by atoms with Gasteiger partial charge in [0.05, 0.1) is 7.11 Å². The van der Waals surface area contributed by atoms with Crippen molar-refractivity contribution in [3.63, 3.8) is 0 Å². The van der Waals surface area contributed by atoms with Gasteiger partial charge in [-0.05, 0) is 37.1 Å². The van der Waals surface area contributed by atoms with Crippen LogP contribution in [0.4, 0.5) is 0 Å². The van der Waals surface area contributed by atoms with Gasteiger partial charge in [-0.1, -0.05) is 13.3 Å². The first-order chi connectivity index (χ1) is 8.22. The highest BCUT2D eigenvalue weighted by Gasteiger charge is 2.46. The Morgan fingerprint density at radius 3 is 2.88 bits per heavy atom. The van der Waals surface area contributed by atoms with Crippen molar-refractivity contribution < 1.29 is 9.53 Å². The smallest absolute Gasteiger partial charge is 0.322 e. The van der Waals surface area contributed by atoms with E-state index in [2.05, 4.69) is 10.6 Å². The molecule has 17 heavy (non-hydrogen) atoms. The Hall–Kier alpha value is -0.610. The summed E-state index contributed by atoms with van der Waals surface area (Å²) < 4.78 is 4.79. The molecule has 2 rings (SSSR count). The summed E-state index contributed by atoms with van der Waals surface area (Å²) in [5.74, 6) is 0.538. The highest BCUT2D eigenvalue weighted by Crippen LogP contribution is 2.48. The van der Waals surface area contributed by atoms with Gasteiger partial charge in [0.2, 0.25) is 0 Å². The molecule has 2 atom stereocenters. The number of hydrogen-bond donors (Lipinski definition) is 2. The van der Waals surface area contributed by atoms with Crippen molar-refractivity contribution in [2.75, 3.05) is 26.7 Å². The van der Waals surface area contributed by atoms with Gasteiger partial charge in [-0.15, -0.1) is 0 Å². The Labute approximate surface area is 103 Å². The summed E-state index contributed by atoms with van der Waals surface area (Å²) in [5.41, 5.74) is 0.529. The van der Waals surface area contributed by atoms with Crippen molar-refractivity contribution in [1.82, 2.24) is 10.6 Å². The van der Waals surface area contributed by atoms with Crippen LogP contribution in [0.5, 0.6) is 0 Å². The summed E-state index contributed by atoms with van der Waals surface area (Å²) in [6.45, 7) is 5.19. The number of carbonyl (C=O) groups excluding carboxylic acids is 1. The maximum atomic E-state index is 11.5. The van der Waals surface area contributed by atoms with Crippen LogP contribution in [0, 0.1) is 11.3 Å². The Kier molecular flexibility index (Phi) is 4.05. The number of rotatable bonds is 5. The van der Waals surface area contributed by atoms with Crippen LogP contribution in [0.3, 0.4) is 0 Å². The SMILES string of the molecule is CCC(NCC1CNCC12CCC2)C(=O)OC. The third-order valence-electron chi connectivity index (χ3n) is 4.59. The second kappa shape index (κ2) is 5.36. The maximum Gasteiger partial charge on any atom is 0.322 e. The van der Waals surface area contributed by atoms with E-state index in [1.165, 1.54) is 26.4 Å². The predicted molar refractivity (Wildman–Crippen MR) is 66.7 cm³/mol. The normalized spacial score (nSPS) is 27.8. The molecule has 1 heterocycles. The number of methoxy groups -OCH3 is 1. The highest BCUT2D eigenvalue weighted by molar-refractivity contribution is 5.75. The van der Waals surface area contributed by atoms with Gasteiger partial charge in [0.15, 0.2) is 0 Å². The Morgan fingerprint density at radius 2 is 2.35 bits per heavy atom. The number of hydrogen-bond acceptors (Lipinski definition) is 4. The van der Waals surface area contributed by atoms with Crippen LogP contribution < -0.4 is 10.6 Å². The van der Waals surface area contributed by atoms with E-state index in [9.17, 15) is 4.79 Å². The molecule has 4 nitrogen and oxygen atoms in total. The summed E-state index contributed by atoms with van der Waals surface area (Å²) in [4.78, 5) is 11.5. The summed E-state index contributed by atoms with van der Waals surface area (Å²) in [7, 11) is 1.46. The molecule has 2 aliphatic rings. The van der Waals surface area contributed by atoms with Crippen LogP contribution in [-0.4, -0.2) is 38.8 Å². The number of esters is 1. The summed E-state index contributed by atoms with van der Waals surface area (Å²) >= 11 is 0. The first-order valence-electron chi connectivity index (χ1n) is 6.74. The molecule has 1 saturated heterocycles. The minimum atomic E-state index is -0.141. The minimum Gasteiger partial charge on any atom is -0.468 e. The zero-order valence-corrected chi connectivity index (χ0v) is 10.9. The van der Waals surface area contributed by atoms with E-state index in [1.807, 2.05) is 6.92 Å². The van der Waals surface area contributed by atoms with Crippen molar-refractivity contribution in [2.45, 2.75) is 38.6 Å². The molecular weight excluding hydrogens is 216 g/mol. The molecule has 2 unspecified atom stereocenters. The molecule has 1 aliphatic heterocycles. The van der Waals surface area contributed by atoms with Crippen molar-refractivity contribution >= 4 is 5.97 Å². The highest BCUT2D eigenvalue weighted by atomic mass is 16.5. The van der Waals surface area contributed by atoms with Crippen molar-refractivity contribution in [3.8, 4) is 0 Å². The molecule has 0 aromatic carbocycles. The molecule has 0 amide bonds. The Morgan fingerprint density at radius 1 is 1.59 bits per heavy atom. The van der Waals surface area contributed by atoms with E-state index in [4.69, 9.17) is 4.74 Å². The van der Waals surface area contributed by atoms with Gasteiger partial charge in [0.25, 0.3) is 0 Å². The van der Waals surface area contributed by atoms with Crippen LogP contribution in [0.1, 0.15) is 32.6 Å². The molecule has 0 bridgehead atoms. The third kappa shape index (κ3) is 2.47. The fraction of sp³-hybridized carbons (Fsp3) is 0.923. The van der Waals surface area contributed by atoms with E-state index < -0.39 is 0 Å². The summed E-state index contributed by atoms with van der Waals surface area (Å²) in [5, 5.41) is 6.86. The molecule has 2 N–H and O–H groups in total. The molecule has 1 aliphatic carbocycles. The quantitative estimate of drug-likeness (QED) is 0.702. The van der Waals surface area contributed by atoms with E-state index in [0.29, 0.717) is 11.3 Å². The van der Waals surface area contributed by atoms with E-state index in [0.717, 1.165) is 26.1 Å². The van der Waals surface area contributed by atoms with Crippen LogP contribution >= 0.6 is 0 Å². The molecule has 1 spiro atoms.